The van der Waals surface area contributed by atoms with Gasteiger partial charge in [0.05, 0.1) is 17.7 Å². The third kappa shape index (κ3) is 4.41. The van der Waals surface area contributed by atoms with Crippen LogP contribution in [0.5, 0.6) is 0 Å². The van der Waals surface area contributed by atoms with Crippen molar-refractivity contribution in [2.24, 2.45) is 0 Å². The highest BCUT2D eigenvalue weighted by Crippen LogP contribution is 2.29. The van der Waals surface area contributed by atoms with E-state index in [1.165, 1.54) is 10.4 Å². The highest BCUT2D eigenvalue weighted by atomic mass is 79.9. The van der Waals surface area contributed by atoms with E-state index in [9.17, 15) is 4.79 Å². The standard InChI is InChI=1S/C18H15BrN2OS2/c1-12-17(23-11-21-12)10-20-18(22)9-7-15-6-8-16(24-15)13-2-4-14(19)5-3-13/h2-9,11H,10H2,1H3,(H,20,22)/b9-7+. The second-order valence-corrected chi connectivity index (χ2v) is 8.09. The Balaban J connectivity index is 1.59. The van der Waals surface area contributed by atoms with Gasteiger partial charge in [-0.1, -0.05) is 28.1 Å². The first-order valence-electron chi connectivity index (χ1n) is 7.32. The van der Waals surface area contributed by atoms with Crippen molar-refractivity contribution in [3.05, 3.63) is 67.9 Å². The van der Waals surface area contributed by atoms with Crippen molar-refractivity contribution in [2.45, 2.75) is 13.5 Å². The van der Waals surface area contributed by atoms with Crippen LogP contribution in [0.2, 0.25) is 0 Å². The summed E-state index contributed by atoms with van der Waals surface area (Å²) in [6.07, 6.45) is 3.43. The van der Waals surface area contributed by atoms with Crippen molar-refractivity contribution >= 4 is 50.6 Å². The number of nitrogens with one attached hydrogen (secondary N) is 1. The van der Waals surface area contributed by atoms with Crippen LogP contribution >= 0.6 is 38.6 Å². The predicted octanol–water partition coefficient (Wildman–Crippen LogP) is 5.27. The number of hydrogen-bond acceptors (Lipinski definition) is 4. The maximum Gasteiger partial charge on any atom is 0.244 e. The first-order valence-corrected chi connectivity index (χ1v) is 9.81. The van der Waals surface area contributed by atoms with Gasteiger partial charge < -0.3 is 5.32 Å². The molecule has 0 bridgehead atoms. The summed E-state index contributed by atoms with van der Waals surface area (Å²) < 4.78 is 1.07. The van der Waals surface area contributed by atoms with Crippen LogP contribution in [0.1, 0.15) is 15.4 Å². The van der Waals surface area contributed by atoms with Crippen LogP contribution in [0.25, 0.3) is 16.5 Å². The number of aromatic nitrogens is 1. The lowest BCUT2D eigenvalue weighted by atomic mass is 10.2. The van der Waals surface area contributed by atoms with Gasteiger partial charge in [-0.25, -0.2) is 4.98 Å². The molecule has 0 saturated heterocycles. The van der Waals surface area contributed by atoms with E-state index in [4.69, 9.17) is 0 Å². The normalized spacial score (nSPS) is 11.1. The molecule has 0 aliphatic carbocycles. The van der Waals surface area contributed by atoms with Crippen LogP contribution in [0, 0.1) is 6.92 Å². The van der Waals surface area contributed by atoms with E-state index in [1.54, 1.807) is 34.3 Å². The van der Waals surface area contributed by atoms with Crippen molar-refractivity contribution in [2.75, 3.05) is 0 Å². The summed E-state index contributed by atoms with van der Waals surface area (Å²) in [6.45, 7) is 2.47. The fraction of sp³-hybridized carbons (Fsp3) is 0.111. The van der Waals surface area contributed by atoms with E-state index in [2.05, 4.69) is 44.4 Å². The maximum atomic E-state index is 11.9. The number of thiophene rings is 1. The molecule has 0 atom stereocenters. The van der Waals surface area contributed by atoms with Gasteiger partial charge in [0.2, 0.25) is 5.91 Å². The van der Waals surface area contributed by atoms with Gasteiger partial charge >= 0.3 is 0 Å². The molecule has 1 N–H and O–H groups in total. The van der Waals surface area contributed by atoms with E-state index < -0.39 is 0 Å². The van der Waals surface area contributed by atoms with E-state index in [0.29, 0.717) is 6.54 Å². The van der Waals surface area contributed by atoms with E-state index in [1.807, 2.05) is 31.2 Å². The lowest BCUT2D eigenvalue weighted by Crippen LogP contribution is -2.19. The number of benzene rings is 1. The summed E-state index contributed by atoms with van der Waals surface area (Å²) in [5.74, 6) is -0.0959. The molecule has 0 spiro atoms. The molecule has 3 nitrogen and oxygen atoms in total. The maximum absolute atomic E-state index is 11.9. The zero-order valence-electron chi connectivity index (χ0n) is 13.0. The minimum Gasteiger partial charge on any atom is -0.348 e. The fourth-order valence-electron chi connectivity index (χ4n) is 2.09. The Kier molecular flexibility index (Phi) is 5.60. The van der Waals surface area contributed by atoms with Gasteiger partial charge in [-0.15, -0.1) is 22.7 Å². The van der Waals surface area contributed by atoms with Gasteiger partial charge in [-0.3, -0.25) is 4.79 Å². The molecule has 0 aliphatic rings. The zero-order chi connectivity index (χ0) is 16.9. The minimum atomic E-state index is -0.0959. The SMILES string of the molecule is Cc1ncsc1CNC(=O)/C=C/c1ccc(-c2ccc(Br)cc2)s1. The average molecular weight is 419 g/mol. The van der Waals surface area contributed by atoms with Crippen LogP contribution in [-0.4, -0.2) is 10.9 Å². The number of carbonyl (C=O) groups excluding carboxylic acids is 1. The molecule has 0 fully saturated rings. The molecule has 2 aromatic heterocycles. The molecule has 3 rings (SSSR count). The molecule has 1 aromatic carbocycles. The van der Waals surface area contributed by atoms with Crippen LogP contribution < -0.4 is 5.32 Å². The number of thiazole rings is 1. The molecule has 122 valence electrons. The molecule has 6 heteroatoms. The Morgan fingerprint density at radius 1 is 1.25 bits per heavy atom. The average Bonchev–Trinajstić information content (AvgIpc) is 3.21. The Bertz CT molecular complexity index is 865. The highest BCUT2D eigenvalue weighted by Gasteiger charge is 2.04. The smallest absolute Gasteiger partial charge is 0.244 e. The summed E-state index contributed by atoms with van der Waals surface area (Å²) >= 11 is 6.66. The summed E-state index contributed by atoms with van der Waals surface area (Å²) in [5.41, 5.74) is 3.94. The molecule has 0 aliphatic heterocycles. The summed E-state index contributed by atoms with van der Waals surface area (Å²) in [6, 6.07) is 12.3. The zero-order valence-corrected chi connectivity index (χ0v) is 16.2. The molecule has 3 aromatic rings. The topological polar surface area (TPSA) is 42.0 Å². The quantitative estimate of drug-likeness (QED) is 0.573. The second kappa shape index (κ2) is 7.88. The van der Waals surface area contributed by atoms with Crippen LogP contribution in [0.15, 0.2) is 52.5 Å². The van der Waals surface area contributed by atoms with Crippen molar-refractivity contribution in [1.29, 1.82) is 0 Å². The first-order chi connectivity index (χ1) is 11.6. The van der Waals surface area contributed by atoms with E-state index in [0.717, 1.165) is 19.9 Å². The van der Waals surface area contributed by atoms with Gasteiger partial charge in [0.25, 0.3) is 0 Å². The van der Waals surface area contributed by atoms with Crippen LogP contribution in [0.3, 0.4) is 0 Å². The Hall–Kier alpha value is -1.76. The lowest BCUT2D eigenvalue weighted by Gasteiger charge is -1.99. The van der Waals surface area contributed by atoms with Gasteiger partial charge in [0, 0.05) is 25.2 Å². The summed E-state index contributed by atoms with van der Waals surface area (Å²) in [7, 11) is 0. The van der Waals surface area contributed by atoms with Crippen molar-refractivity contribution in [1.82, 2.24) is 10.3 Å². The van der Waals surface area contributed by atoms with Crippen LogP contribution in [0.4, 0.5) is 0 Å². The molecular formula is C18H15BrN2OS2. The van der Waals surface area contributed by atoms with E-state index >= 15 is 0 Å². The number of amides is 1. The number of halogens is 1. The Morgan fingerprint density at radius 3 is 2.75 bits per heavy atom. The largest absolute Gasteiger partial charge is 0.348 e. The molecule has 24 heavy (non-hydrogen) atoms. The highest BCUT2D eigenvalue weighted by molar-refractivity contribution is 9.10. The lowest BCUT2D eigenvalue weighted by molar-refractivity contribution is -0.116. The van der Waals surface area contributed by atoms with Gasteiger partial charge in [-0.05, 0) is 42.8 Å². The Labute approximate surface area is 157 Å². The predicted molar refractivity (Wildman–Crippen MR) is 105 cm³/mol. The monoisotopic (exact) mass is 418 g/mol. The molecule has 0 saturated carbocycles. The summed E-state index contributed by atoms with van der Waals surface area (Å²) in [4.78, 5) is 19.4. The fourth-order valence-corrected chi connectivity index (χ4v) is 3.99. The van der Waals surface area contributed by atoms with Gasteiger partial charge in [0.15, 0.2) is 0 Å². The van der Waals surface area contributed by atoms with Crippen molar-refractivity contribution < 1.29 is 4.79 Å². The second-order valence-electron chi connectivity index (χ2n) is 5.12. The molecular weight excluding hydrogens is 404 g/mol. The van der Waals surface area contributed by atoms with Crippen molar-refractivity contribution in [3.8, 4) is 10.4 Å². The number of carbonyl (C=O) groups is 1. The number of hydrogen-bond donors (Lipinski definition) is 1. The van der Waals surface area contributed by atoms with Crippen molar-refractivity contribution in [3.63, 3.8) is 0 Å². The molecule has 0 radical (unpaired) electrons. The third-order valence-corrected chi connectivity index (χ3v) is 5.99. The third-order valence-electron chi connectivity index (χ3n) is 3.42. The van der Waals surface area contributed by atoms with E-state index in [-0.39, 0.29) is 5.91 Å². The molecule has 0 unspecified atom stereocenters. The Morgan fingerprint density at radius 2 is 2.04 bits per heavy atom. The van der Waals surface area contributed by atoms with Crippen LogP contribution in [-0.2, 0) is 11.3 Å². The van der Waals surface area contributed by atoms with Gasteiger partial charge in [-0.2, -0.15) is 0 Å². The number of nitrogens with zero attached hydrogens (tertiary/aromatic N) is 1. The summed E-state index contributed by atoms with van der Waals surface area (Å²) in [5, 5.41) is 2.88. The number of rotatable bonds is 5. The van der Waals surface area contributed by atoms with Gasteiger partial charge in [0.1, 0.15) is 0 Å². The number of aryl methyl sites for hydroxylation is 1. The first kappa shape index (κ1) is 17.1. The molecule has 1 amide bonds. The minimum absolute atomic E-state index is 0.0959. The molecule has 2 heterocycles.